The minimum absolute atomic E-state index is 0.352. The van der Waals surface area contributed by atoms with Crippen molar-refractivity contribution in [1.82, 2.24) is 15.4 Å². The monoisotopic (exact) mass is 409 g/mol. The van der Waals surface area contributed by atoms with Crippen LogP contribution >= 0.6 is 0 Å². The van der Waals surface area contributed by atoms with Crippen LogP contribution in [-0.4, -0.2) is 15.4 Å². The standard InChI is InChI=1S/C25H19N3O3/c1-17-22(23(28-31-17)19-12-6-3-7-13-19)25-27-26-24(30-25)20-14-8-9-15-21(20)29-16-18-10-4-2-5-11-18/h2-15H,16H2,1H3. The third kappa shape index (κ3) is 3.83. The molecule has 0 aliphatic rings. The summed E-state index contributed by atoms with van der Waals surface area (Å²) in [4.78, 5) is 0. The summed E-state index contributed by atoms with van der Waals surface area (Å²) in [5, 5.41) is 12.7. The molecule has 5 rings (SSSR count). The van der Waals surface area contributed by atoms with Crippen LogP contribution in [0.25, 0.3) is 34.2 Å². The Balaban J connectivity index is 1.47. The van der Waals surface area contributed by atoms with Gasteiger partial charge >= 0.3 is 0 Å². The number of hydrogen-bond acceptors (Lipinski definition) is 6. The highest BCUT2D eigenvalue weighted by molar-refractivity contribution is 5.78. The summed E-state index contributed by atoms with van der Waals surface area (Å²) in [5.41, 5.74) is 4.08. The van der Waals surface area contributed by atoms with Gasteiger partial charge in [0.25, 0.3) is 11.8 Å². The van der Waals surface area contributed by atoms with Crippen molar-refractivity contribution in [3.63, 3.8) is 0 Å². The van der Waals surface area contributed by atoms with E-state index in [1.165, 1.54) is 0 Å². The molecular weight excluding hydrogens is 390 g/mol. The van der Waals surface area contributed by atoms with E-state index in [0.717, 1.165) is 16.7 Å². The third-order valence-corrected chi connectivity index (χ3v) is 4.90. The molecule has 2 heterocycles. The van der Waals surface area contributed by atoms with Crippen molar-refractivity contribution >= 4 is 0 Å². The molecule has 5 aromatic rings. The van der Waals surface area contributed by atoms with Crippen molar-refractivity contribution < 1.29 is 13.7 Å². The first-order valence-electron chi connectivity index (χ1n) is 9.91. The van der Waals surface area contributed by atoms with Crippen LogP contribution in [0.2, 0.25) is 0 Å². The van der Waals surface area contributed by atoms with Gasteiger partial charge in [0.1, 0.15) is 29.4 Å². The summed E-state index contributed by atoms with van der Waals surface area (Å²) in [6, 6.07) is 27.4. The molecule has 0 unspecified atom stereocenters. The second kappa shape index (κ2) is 8.28. The Labute approximate surface area is 179 Å². The number of nitrogens with zero attached hydrogens (tertiary/aromatic N) is 3. The molecule has 0 saturated carbocycles. The minimum Gasteiger partial charge on any atom is -0.488 e. The molecule has 2 aromatic heterocycles. The van der Waals surface area contributed by atoms with Gasteiger partial charge in [0, 0.05) is 5.56 Å². The molecule has 6 nitrogen and oxygen atoms in total. The molecule has 31 heavy (non-hydrogen) atoms. The quantitative estimate of drug-likeness (QED) is 0.345. The zero-order chi connectivity index (χ0) is 21.0. The number of benzene rings is 3. The third-order valence-electron chi connectivity index (χ3n) is 4.90. The van der Waals surface area contributed by atoms with Crippen molar-refractivity contribution in [1.29, 1.82) is 0 Å². The van der Waals surface area contributed by atoms with E-state index in [1.54, 1.807) is 0 Å². The molecule has 0 amide bonds. The van der Waals surface area contributed by atoms with Gasteiger partial charge in [0.05, 0.1) is 5.56 Å². The summed E-state index contributed by atoms with van der Waals surface area (Å²) >= 11 is 0. The van der Waals surface area contributed by atoms with E-state index in [9.17, 15) is 0 Å². The van der Waals surface area contributed by atoms with Crippen LogP contribution in [0.15, 0.2) is 93.9 Å². The molecule has 3 aromatic carbocycles. The lowest BCUT2D eigenvalue weighted by Crippen LogP contribution is -1.96. The molecule has 0 aliphatic heterocycles. The Morgan fingerprint density at radius 2 is 1.45 bits per heavy atom. The highest BCUT2D eigenvalue weighted by atomic mass is 16.5. The molecule has 152 valence electrons. The highest BCUT2D eigenvalue weighted by Gasteiger charge is 2.23. The van der Waals surface area contributed by atoms with Crippen molar-refractivity contribution in [2.45, 2.75) is 13.5 Å². The summed E-state index contributed by atoms with van der Waals surface area (Å²) in [6.07, 6.45) is 0. The lowest BCUT2D eigenvalue weighted by molar-refractivity contribution is 0.306. The lowest BCUT2D eigenvalue weighted by Gasteiger charge is -2.09. The first-order valence-corrected chi connectivity index (χ1v) is 9.91. The van der Waals surface area contributed by atoms with Gasteiger partial charge in [-0.05, 0) is 24.6 Å². The second-order valence-corrected chi connectivity index (χ2v) is 7.01. The van der Waals surface area contributed by atoms with Gasteiger partial charge in [-0.15, -0.1) is 10.2 Å². The molecule has 0 bridgehead atoms. The number of hydrogen-bond donors (Lipinski definition) is 0. The van der Waals surface area contributed by atoms with E-state index in [2.05, 4.69) is 15.4 Å². The van der Waals surface area contributed by atoms with E-state index in [1.807, 2.05) is 91.9 Å². The Morgan fingerprint density at radius 1 is 0.774 bits per heavy atom. The van der Waals surface area contributed by atoms with Crippen LogP contribution in [0, 0.1) is 6.92 Å². The van der Waals surface area contributed by atoms with E-state index in [4.69, 9.17) is 13.7 Å². The fourth-order valence-electron chi connectivity index (χ4n) is 3.35. The Morgan fingerprint density at radius 3 is 2.26 bits per heavy atom. The Hall–Kier alpha value is -4.19. The van der Waals surface area contributed by atoms with Crippen molar-refractivity contribution in [2.24, 2.45) is 0 Å². The Kier molecular flexibility index (Phi) is 5.02. The first-order chi connectivity index (χ1) is 15.3. The van der Waals surface area contributed by atoms with Crippen LogP contribution in [0.3, 0.4) is 0 Å². The van der Waals surface area contributed by atoms with Crippen LogP contribution < -0.4 is 4.74 Å². The van der Waals surface area contributed by atoms with Crippen LogP contribution in [0.4, 0.5) is 0 Å². The van der Waals surface area contributed by atoms with Crippen molar-refractivity contribution in [2.75, 3.05) is 0 Å². The Bertz CT molecular complexity index is 1290. The molecule has 0 spiro atoms. The van der Waals surface area contributed by atoms with Gasteiger partial charge in [0.2, 0.25) is 0 Å². The molecule has 0 atom stereocenters. The van der Waals surface area contributed by atoms with E-state index >= 15 is 0 Å². The van der Waals surface area contributed by atoms with Gasteiger partial charge < -0.3 is 13.7 Å². The number of aromatic nitrogens is 3. The molecule has 0 saturated heterocycles. The van der Waals surface area contributed by atoms with Gasteiger partial charge in [-0.3, -0.25) is 0 Å². The molecular formula is C25H19N3O3. The zero-order valence-electron chi connectivity index (χ0n) is 16.9. The van der Waals surface area contributed by atoms with Gasteiger partial charge in [-0.25, -0.2) is 0 Å². The van der Waals surface area contributed by atoms with Crippen LogP contribution in [0.5, 0.6) is 5.75 Å². The van der Waals surface area contributed by atoms with Gasteiger partial charge in [-0.1, -0.05) is 78.0 Å². The maximum atomic E-state index is 6.05. The number of aryl methyl sites for hydroxylation is 1. The predicted molar refractivity (Wildman–Crippen MR) is 116 cm³/mol. The topological polar surface area (TPSA) is 74.2 Å². The van der Waals surface area contributed by atoms with Crippen LogP contribution in [0.1, 0.15) is 11.3 Å². The SMILES string of the molecule is Cc1onc(-c2ccccc2)c1-c1nnc(-c2ccccc2OCc2ccccc2)o1. The van der Waals surface area contributed by atoms with E-state index < -0.39 is 0 Å². The van der Waals surface area contributed by atoms with E-state index in [-0.39, 0.29) is 0 Å². The maximum Gasteiger partial charge on any atom is 0.254 e. The smallest absolute Gasteiger partial charge is 0.254 e. The average Bonchev–Trinajstić information content (AvgIpc) is 3.46. The maximum absolute atomic E-state index is 6.05. The molecule has 0 fully saturated rings. The highest BCUT2D eigenvalue weighted by Crippen LogP contribution is 2.36. The normalized spacial score (nSPS) is 10.9. The largest absolute Gasteiger partial charge is 0.488 e. The summed E-state index contributed by atoms with van der Waals surface area (Å²) in [7, 11) is 0. The number of rotatable bonds is 6. The summed E-state index contributed by atoms with van der Waals surface area (Å²) in [5.74, 6) is 2.01. The fraction of sp³-hybridized carbons (Fsp3) is 0.0800. The number of ether oxygens (including phenoxy) is 1. The summed E-state index contributed by atoms with van der Waals surface area (Å²) in [6.45, 7) is 2.28. The molecule has 0 N–H and O–H groups in total. The first kappa shape index (κ1) is 18.8. The minimum atomic E-state index is 0.352. The lowest BCUT2D eigenvalue weighted by atomic mass is 10.1. The van der Waals surface area contributed by atoms with Crippen LogP contribution in [-0.2, 0) is 6.61 Å². The van der Waals surface area contributed by atoms with Crippen molar-refractivity contribution in [3.8, 4) is 39.9 Å². The zero-order valence-corrected chi connectivity index (χ0v) is 16.9. The fourth-order valence-corrected chi connectivity index (χ4v) is 3.35. The average molecular weight is 409 g/mol. The predicted octanol–water partition coefficient (Wildman–Crippen LogP) is 5.95. The molecule has 6 heteroatoms. The van der Waals surface area contributed by atoms with Crippen molar-refractivity contribution in [3.05, 3.63) is 96.3 Å². The van der Waals surface area contributed by atoms with Gasteiger partial charge in [-0.2, -0.15) is 0 Å². The summed E-state index contributed by atoms with van der Waals surface area (Å²) < 4.78 is 17.5. The molecule has 0 aliphatic carbocycles. The van der Waals surface area contributed by atoms with Gasteiger partial charge in [0.15, 0.2) is 0 Å². The number of para-hydroxylation sites is 1. The molecule has 0 radical (unpaired) electrons. The van der Waals surface area contributed by atoms with E-state index in [0.29, 0.717) is 41.2 Å². The second-order valence-electron chi connectivity index (χ2n) is 7.01.